The lowest BCUT2D eigenvalue weighted by atomic mass is 9.67. The first kappa shape index (κ1) is 34.5. The number of rotatable bonds is 4. The molecular weight excluding hydrogens is 765 g/mol. The van der Waals surface area contributed by atoms with Gasteiger partial charge < -0.3 is 8.83 Å². The monoisotopic (exact) mass is 800 g/mol. The summed E-state index contributed by atoms with van der Waals surface area (Å²) in [7, 11) is 0. The zero-order chi connectivity index (χ0) is 41.2. The second kappa shape index (κ2) is 12.9. The van der Waals surface area contributed by atoms with Crippen LogP contribution in [0.2, 0.25) is 0 Å². The van der Waals surface area contributed by atoms with Gasteiger partial charge in [-0.1, -0.05) is 170 Å². The lowest BCUT2D eigenvalue weighted by Crippen LogP contribution is -2.28. The Balaban J connectivity index is 0.899. The van der Waals surface area contributed by atoms with Crippen molar-refractivity contribution in [3.05, 3.63) is 241 Å². The number of furan rings is 2. The summed E-state index contributed by atoms with van der Waals surface area (Å²) in [5.41, 5.74) is 15.1. The van der Waals surface area contributed by atoms with Gasteiger partial charge in [0.25, 0.3) is 0 Å². The second-order valence-corrected chi connectivity index (χ2v) is 17.1. The van der Waals surface area contributed by atoms with Crippen molar-refractivity contribution in [3.8, 4) is 33.4 Å². The third-order valence-corrected chi connectivity index (χ3v) is 13.9. The zero-order valence-electron chi connectivity index (χ0n) is 34.1. The average Bonchev–Trinajstić information content (AvgIpc) is 4.02. The summed E-state index contributed by atoms with van der Waals surface area (Å²) in [5, 5.41) is 11.9. The van der Waals surface area contributed by atoms with Crippen molar-refractivity contribution in [1.29, 1.82) is 0 Å². The van der Waals surface area contributed by atoms with Crippen molar-refractivity contribution in [2.24, 2.45) is 0 Å². The Morgan fingerprint density at radius 2 is 0.651 bits per heavy atom. The highest BCUT2D eigenvalue weighted by Gasteiger charge is 2.46. The molecule has 0 aliphatic heterocycles. The minimum atomic E-state index is -0.457. The second-order valence-electron chi connectivity index (χ2n) is 17.1. The Morgan fingerprint density at radius 3 is 1.22 bits per heavy atom. The average molecular weight is 801 g/mol. The molecule has 0 amide bonds. The summed E-state index contributed by atoms with van der Waals surface area (Å²) in [6.45, 7) is 0. The molecule has 0 saturated heterocycles. The molecule has 0 radical (unpaired) electrons. The van der Waals surface area contributed by atoms with Crippen LogP contribution in [-0.4, -0.2) is 0 Å². The molecule has 2 heterocycles. The van der Waals surface area contributed by atoms with Crippen molar-refractivity contribution < 1.29 is 8.83 Å². The van der Waals surface area contributed by atoms with Crippen molar-refractivity contribution in [3.63, 3.8) is 0 Å². The Labute approximate surface area is 362 Å². The number of fused-ring (bicyclic) bond motifs is 16. The maximum absolute atomic E-state index is 6.70. The molecule has 11 aromatic carbocycles. The number of hydrogen-bond donors (Lipinski definition) is 0. The highest BCUT2D eigenvalue weighted by atomic mass is 16.4. The molecule has 0 spiro atoms. The quantitative estimate of drug-likeness (QED) is 0.166. The van der Waals surface area contributed by atoms with Gasteiger partial charge in [-0.15, -0.1) is 0 Å². The van der Waals surface area contributed by atoms with Gasteiger partial charge in [0, 0.05) is 21.5 Å². The van der Waals surface area contributed by atoms with Crippen molar-refractivity contribution in [2.45, 2.75) is 5.41 Å². The third kappa shape index (κ3) is 4.78. The molecule has 63 heavy (non-hydrogen) atoms. The zero-order valence-corrected chi connectivity index (χ0v) is 34.1. The fourth-order valence-electron chi connectivity index (χ4n) is 11.1. The van der Waals surface area contributed by atoms with E-state index in [1.807, 2.05) is 0 Å². The first-order chi connectivity index (χ1) is 31.2. The van der Waals surface area contributed by atoms with Gasteiger partial charge >= 0.3 is 0 Å². The first-order valence-corrected chi connectivity index (χ1v) is 21.7. The molecule has 0 N–H and O–H groups in total. The minimum Gasteiger partial charge on any atom is -0.452 e. The summed E-state index contributed by atoms with van der Waals surface area (Å²) in [6, 6.07) is 79.9. The van der Waals surface area contributed by atoms with Crippen LogP contribution in [0.25, 0.3) is 110 Å². The van der Waals surface area contributed by atoms with Gasteiger partial charge in [0.2, 0.25) is 0 Å². The molecule has 2 heteroatoms. The van der Waals surface area contributed by atoms with Crippen LogP contribution in [0.5, 0.6) is 0 Å². The summed E-state index contributed by atoms with van der Waals surface area (Å²) in [6.07, 6.45) is 0. The topological polar surface area (TPSA) is 26.3 Å². The Bertz CT molecular complexity index is 3940. The van der Waals surface area contributed by atoms with Crippen LogP contribution in [0.4, 0.5) is 0 Å². The Hall–Kier alpha value is -8.20. The molecule has 1 aliphatic rings. The molecular formula is C61H36O2. The number of benzene rings is 11. The van der Waals surface area contributed by atoms with Crippen LogP contribution >= 0.6 is 0 Å². The van der Waals surface area contributed by atoms with Crippen molar-refractivity contribution in [1.82, 2.24) is 0 Å². The van der Waals surface area contributed by atoms with Gasteiger partial charge in [0.05, 0.1) is 5.41 Å². The molecule has 2 nitrogen and oxygen atoms in total. The molecule has 13 aromatic rings. The summed E-state index contributed by atoms with van der Waals surface area (Å²) < 4.78 is 13.4. The van der Waals surface area contributed by atoms with E-state index in [1.54, 1.807) is 0 Å². The van der Waals surface area contributed by atoms with E-state index < -0.39 is 5.41 Å². The third-order valence-electron chi connectivity index (χ3n) is 13.9. The normalized spacial score (nSPS) is 13.2. The van der Waals surface area contributed by atoms with Crippen molar-refractivity contribution >= 4 is 76.2 Å². The van der Waals surface area contributed by atoms with Crippen molar-refractivity contribution in [2.75, 3.05) is 0 Å². The predicted octanol–water partition coefficient (Wildman–Crippen LogP) is 16.6. The van der Waals surface area contributed by atoms with Gasteiger partial charge in [-0.3, -0.25) is 0 Å². The van der Waals surface area contributed by atoms with Crippen LogP contribution in [0.15, 0.2) is 227 Å². The molecule has 0 saturated carbocycles. The van der Waals surface area contributed by atoms with Gasteiger partial charge in [0.1, 0.15) is 11.2 Å². The summed E-state index contributed by atoms with van der Waals surface area (Å²) >= 11 is 0. The van der Waals surface area contributed by atoms with E-state index in [1.165, 1.54) is 76.8 Å². The highest BCUT2D eigenvalue weighted by Crippen LogP contribution is 2.57. The largest absolute Gasteiger partial charge is 0.452 e. The SMILES string of the molecule is c1ccc(C2(c3ccccc3)c3ccccc3-c3ccc(-c4ccc5oc6c(ccc7c8cc(-c9ccc%10c%11ccccc%11c%11ccccc%11c%10c9)ccc8oc76)c5c4)cc32)cc1. The molecule has 14 rings (SSSR count). The van der Waals surface area contributed by atoms with Crippen LogP contribution < -0.4 is 0 Å². The van der Waals surface area contributed by atoms with E-state index in [9.17, 15) is 0 Å². The molecule has 0 unspecified atom stereocenters. The fourth-order valence-corrected chi connectivity index (χ4v) is 11.1. The van der Waals surface area contributed by atoms with E-state index in [0.29, 0.717) is 0 Å². The first-order valence-electron chi connectivity index (χ1n) is 21.7. The van der Waals surface area contributed by atoms with Crippen LogP contribution in [-0.2, 0) is 5.41 Å². The van der Waals surface area contributed by atoms with E-state index in [-0.39, 0.29) is 0 Å². The molecule has 0 bridgehead atoms. The van der Waals surface area contributed by atoms with Gasteiger partial charge in [-0.2, -0.15) is 0 Å². The lowest BCUT2D eigenvalue weighted by Gasteiger charge is -2.34. The smallest absolute Gasteiger partial charge is 0.178 e. The molecule has 0 atom stereocenters. The van der Waals surface area contributed by atoms with Gasteiger partial charge in [-0.25, -0.2) is 0 Å². The van der Waals surface area contributed by atoms with Crippen LogP contribution in [0.1, 0.15) is 22.3 Å². The standard InChI is InChI=1S/C61H36O2/c1-3-13-41(14-4-1)61(42-15-5-2-6-16-42)55-22-12-11-21-48(55)49-28-24-40(36-56(49)61)39-26-32-58-54(35-39)51-30-29-50-53-34-38(25-31-57(53)62-59(50)60(51)63-58)37-23-27-47-45-19-8-7-17-43(45)44-18-9-10-20-46(44)52(47)33-37/h1-36H. The van der Waals surface area contributed by atoms with E-state index >= 15 is 0 Å². The lowest BCUT2D eigenvalue weighted by molar-refractivity contribution is 0.633. The minimum absolute atomic E-state index is 0.457. The molecule has 1 aliphatic carbocycles. The summed E-state index contributed by atoms with van der Waals surface area (Å²) in [5.74, 6) is 0. The van der Waals surface area contributed by atoms with E-state index in [2.05, 4.69) is 218 Å². The highest BCUT2D eigenvalue weighted by molar-refractivity contribution is 6.26. The van der Waals surface area contributed by atoms with E-state index in [0.717, 1.165) is 55.0 Å². The molecule has 2 aromatic heterocycles. The number of hydrogen-bond acceptors (Lipinski definition) is 2. The van der Waals surface area contributed by atoms with Gasteiger partial charge in [-0.05, 0) is 136 Å². The van der Waals surface area contributed by atoms with Crippen LogP contribution in [0, 0.1) is 0 Å². The van der Waals surface area contributed by atoms with E-state index in [4.69, 9.17) is 8.83 Å². The Kier molecular flexibility index (Phi) is 7.07. The molecule has 292 valence electrons. The fraction of sp³-hybridized carbons (Fsp3) is 0.0164. The maximum Gasteiger partial charge on any atom is 0.178 e. The molecule has 0 fully saturated rings. The van der Waals surface area contributed by atoms with Gasteiger partial charge in [0.15, 0.2) is 11.2 Å². The van der Waals surface area contributed by atoms with Crippen LogP contribution in [0.3, 0.4) is 0 Å². The maximum atomic E-state index is 6.70. The summed E-state index contributed by atoms with van der Waals surface area (Å²) in [4.78, 5) is 0. The Morgan fingerprint density at radius 1 is 0.254 bits per heavy atom. The predicted molar refractivity (Wildman–Crippen MR) is 262 cm³/mol.